The summed E-state index contributed by atoms with van der Waals surface area (Å²) in [7, 11) is 0. The Bertz CT molecular complexity index is 286. The number of hydrogen-bond acceptors (Lipinski definition) is 2. The third kappa shape index (κ3) is 12.8. The van der Waals surface area contributed by atoms with Gasteiger partial charge in [0, 0.05) is 24.3 Å². The number of unbranched alkanes of at least 4 members (excludes halogenated alkanes) is 4. The summed E-state index contributed by atoms with van der Waals surface area (Å²) < 4.78 is 35.5. The first kappa shape index (κ1) is 16.8. The van der Waals surface area contributed by atoms with Gasteiger partial charge in [0.25, 0.3) is 0 Å². The summed E-state index contributed by atoms with van der Waals surface area (Å²) in [4.78, 5) is 13.7. The Labute approximate surface area is 104 Å². The van der Waals surface area contributed by atoms with Crippen molar-refractivity contribution in [1.82, 2.24) is 0 Å². The first-order valence-electron chi connectivity index (χ1n) is 6.05. The Kier molecular flexibility index (Phi) is 9.10. The van der Waals surface area contributed by atoms with E-state index in [0.717, 1.165) is 25.7 Å². The van der Waals surface area contributed by atoms with Gasteiger partial charge in [-0.1, -0.05) is 24.4 Å². The zero-order chi connectivity index (χ0) is 13.9. The number of halogens is 3. The average molecular weight is 265 g/mol. The van der Waals surface area contributed by atoms with Crippen LogP contribution in [0.2, 0.25) is 0 Å². The number of carbonyl (C=O) groups excluding carboxylic acids is 1. The van der Waals surface area contributed by atoms with E-state index in [9.17, 15) is 18.0 Å². The van der Waals surface area contributed by atoms with Crippen molar-refractivity contribution in [3.05, 3.63) is 10.4 Å². The van der Waals surface area contributed by atoms with E-state index in [4.69, 9.17) is 5.53 Å². The molecule has 0 aliphatic rings. The lowest BCUT2D eigenvalue weighted by Crippen LogP contribution is -2.10. The highest BCUT2D eigenvalue weighted by molar-refractivity contribution is 5.78. The molecule has 0 aliphatic heterocycles. The highest BCUT2D eigenvalue weighted by atomic mass is 19.4. The summed E-state index contributed by atoms with van der Waals surface area (Å²) in [6, 6.07) is 0. The first-order chi connectivity index (χ1) is 8.45. The van der Waals surface area contributed by atoms with Crippen LogP contribution in [0.5, 0.6) is 0 Å². The number of Topliss-reactive ketones (excluding diaryl/α,β-unsaturated/α-hetero) is 1. The van der Waals surface area contributed by atoms with Gasteiger partial charge >= 0.3 is 6.18 Å². The molecule has 0 saturated carbocycles. The van der Waals surface area contributed by atoms with Gasteiger partial charge in [0.05, 0.1) is 6.42 Å². The Morgan fingerprint density at radius 1 is 1.06 bits per heavy atom. The number of azide groups is 1. The fourth-order valence-corrected chi connectivity index (χ4v) is 1.49. The lowest BCUT2D eigenvalue weighted by Gasteiger charge is -2.05. The largest absolute Gasteiger partial charge is 0.389 e. The molecule has 0 N–H and O–H groups in total. The maximum absolute atomic E-state index is 11.8. The van der Waals surface area contributed by atoms with Crippen molar-refractivity contribution < 1.29 is 18.0 Å². The fourth-order valence-electron chi connectivity index (χ4n) is 1.49. The molecule has 0 unspecified atom stereocenters. The Hall–Kier alpha value is -1.23. The molecule has 7 heteroatoms. The van der Waals surface area contributed by atoms with Crippen molar-refractivity contribution in [3.63, 3.8) is 0 Å². The van der Waals surface area contributed by atoms with Crippen molar-refractivity contribution in [2.24, 2.45) is 5.11 Å². The van der Waals surface area contributed by atoms with Crippen LogP contribution in [0, 0.1) is 0 Å². The van der Waals surface area contributed by atoms with Gasteiger partial charge in [-0.15, -0.1) is 0 Å². The molecule has 4 nitrogen and oxygen atoms in total. The van der Waals surface area contributed by atoms with Gasteiger partial charge in [-0.25, -0.2) is 0 Å². The second-order valence-corrected chi connectivity index (χ2v) is 4.13. The Balaban J connectivity index is 3.33. The van der Waals surface area contributed by atoms with E-state index >= 15 is 0 Å². The van der Waals surface area contributed by atoms with E-state index in [1.54, 1.807) is 0 Å². The van der Waals surface area contributed by atoms with E-state index in [0.29, 0.717) is 13.0 Å². The van der Waals surface area contributed by atoms with E-state index in [1.165, 1.54) is 0 Å². The summed E-state index contributed by atoms with van der Waals surface area (Å²) in [5, 5.41) is 3.39. The van der Waals surface area contributed by atoms with Crippen molar-refractivity contribution >= 4 is 5.78 Å². The molecule has 104 valence electrons. The van der Waals surface area contributed by atoms with E-state index in [1.807, 2.05) is 0 Å². The molecule has 0 rings (SSSR count). The minimum Gasteiger partial charge on any atom is -0.300 e. The quantitative estimate of drug-likeness (QED) is 0.247. The van der Waals surface area contributed by atoms with Crippen molar-refractivity contribution in [3.8, 4) is 0 Å². The molecule has 0 aromatic heterocycles. The molecule has 0 aliphatic carbocycles. The van der Waals surface area contributed by atoms with Crippen LogP contribution in [0.25, 0.3) is 10.4 Å². The van der Waals surface area contributed by atoms with Crippen molar-refractivity contribution in [2.75, 3.05) is 6.54 Å². The molecular weight excluding hydrogens is 247 g/mol. The minimum atomic E-state index is -4.24. The third-order valence-corrected chi connectivity index (χ3v) is 2.46. The zero-order valence-electron chi connectivity index (χ0n) is 10.2. The van der Waals surface area contributed by atoms with Crippen LogP contribution in [0.4, 0.5) is 13.2 Å². The number of ketones is 1. The summed E-state index contributed by atoms with van der Waals surface area (Å²) in [6.07, 6.45) is -1.33. The molecule has 0 heterocycles. The normalized spacial score (nSPS) is 11.1. The Morgan fingerprint density at radius 2 is 1.67 bits per heavy atom. The molecule has 0 amide bonds. The van der Waals surface area contributed by atoms with E-state index in [2.05, 4.69) is 10.0 Å². The van der Waals surface area contributed by atoms with Crippen LogP contribution in [-0.4, -0.2) is 18.5 Å². The monoisotopic (exact) mass is 265 g/mol. The maximum Gasteiger partial charge on any atom is 0.389 e. The standard InChI is InChI=1S/C11H18F3N3O/c12-11(13,14)8-7-10(18)6-4-2-1-3-5-9-16-17-15/h1-9H2. The highest BCUT2D eigenvalue weighted by Gasteiger charge is 2.27. The smallest absolute Gasteiger partial charge is 0.300 e. The van der Waals surface area contributed by atoms with E-state index < -0.39 is 19.0 Å². The Morgan fingerprint density at radius 3 is 2.28 bits per heavy atom. The van der Waals surface area contributed by atoms with Crippen LogP contribution in [0.1, 0.15) is 51.4 Å². The summed E-state index contributed by atoms with van der Waals surface area (Å²) in [6.45, 7) is 0.473. The molecular formula is C11H18F3N3O. The predicted octanol–water partition coefficient (Wildman–Crippen LogP) is 4.55. The second-order valence-electron chi connectivity index (χ2n) is 4.13. The lowest BCUT2D eigenvalue weighted by molar-refractivity contribution is -0.143. The fraction of sp³-hybridized carbons (Fsp3) is 0.909. The number of carbonyl (C=O) groups is 1. The molecule has 18 heavy (non-hydrogen) atoms. The lowest BCUT2D eigenvalue weighted by atomic mass is 10.1. The molecule has 0 saturated heterocycles. The van der Waals surface area contributed by atoms with Gasteiger partial charge in [-0.05, 0) is 18.4 Å². The molecule has 0 radical (unpaired) electrons. The van der Waals surface area contributed by atoms with Crippen LogP contribution < -0.4 is 0 Å². The topological polar surface area (TPSA) is 65.8 Å². The van der Waals surface area contributed by atoms with Gasteiger partial charge in [0.2, 0.25) is 0 Å². The van der Waals surface area contributed by atoms with Crippen LogP contribution in [0.3, 0.4) is 0 Å². The van der Waals surface area contributed by atoms with E-state index in [-0.39, 0.29) is 12.2 Å². The van der Waals surface area contributed by atoms with Gasteiger partial charge in [0.1, 0.15) is 5.78 Å². The van der Waals surface area contributed by atoms with Gasteiger partial charge < -0.3 is 0 Å². The van der Waals surface area contributed by atoms with Gasteiger partial charge in [0.15, 0.2) is 0 Å². The predicted molar refractivity (Wildman–Crippen MR) is 62.0 cm³/mol. The number of hydrogen-bond donors (Lipinski definition) is 0. The molecule has 0 bridgehead atoms. The number of nitrogens with zero attached hydrogens (tertiary/aromatic N) is 3. The second kappa shape index (κ2) is 9.76. The summed E-state index contributed by atoms with van der Waals surface area (Å²) in [5.41, 5.74) is 8.02. The highest BCUT2D eigenvalue weighted by Crippen LogP contribution is 2.22. The summed E-state index contributed by atoms with van der Waals surface area (Å²) in [5.74, 6) is -0.318. The minimum absolute atomic E-state index is 0.229. The summed E-state index contributed by atoms with van der Waals surface area (Å²) >= 11 is 0. The van der Waals surface area contributed by atoms with Crippen molar-refractivity contribution in [1.29, 1.82) is 0 Å². The average Bonchev–Trinajstić information content (AvgIpc) is 2.29. The third-order valence-electron chi connectivity index (χ3n) is 2.46. The number of rotatable bonds is 10. The zero-order valence-corrected chi connectivity index (χ0v) is 10.2. The molecule has 0 aromatic carbocycles. The van der Waals surface area contributed by atoms with Crippen LogP contribution >= 0.6 is 0 Å². The molecule has 0 fully saturated rings. The van der Waals surface area contributed by atoms with Crippen LogP contribution in [-0.2, 0) is 4.79 Å². The van der Waals surface area contributed by atoms with Crippen LogP contribution in [0.15, 0.2) is 5.11 Å². The molecule has 0 atom stereocenters. The molecule has 0 spiro atoms. The molecule has 0 aromatic rings. The number of alkyl halides is 3. The van der Waals surface area contributed by atoms with Gasteiger partial charge in [-0.3, -0.25) is 4.79 Å². The first-order valence-corrected chi connectivity index (χ1v) is 6.05. The maximum atomic E-state index is 11.8. The van der Waals surface area contributed by atoms with Crippen molar-refractivity contribution in [2.45, 2.75) is 57.5 Å². The SMILES string of the molecule is [N-]=[N+]=NCCCCCCCC(=O)CCC(F)(F)F. The van der Waals surface area contributed by atoms with Gasteiger partial charge in [-0.2, -0.15) is 13.2 Å².